The molecule has 2 aromatic heterocycles. The molecule has 1 N–H and O–H groups in total. The van der Waals surface area contributed by atoms with Gasteiger partial charge in [-0.2, -0.15) is 5.10 Å². The van der Waals surface area contributed by atoms with Crippen LogP contribution < -0.4 is 0 Å². The molecule has 0 aliphatic rings. The minimum absolute atomic E-state index is 0.0485. The normalized spacial score (nSPS) is 11.7. The van der Waals surface area contributed by atoms with Crippen LogP contribution in [0.15, 0.2) is 18.3 Å². The Labute approximate surface area is 127 Å². The molecule has 0 amide bonds. The Hall–Kier alpha value is -1.67. The second-order valence-corrected chi connectivity index (χ2v) is 8.37. The quantitative estimate of drug-likeness (QED) is 0.876. The van der Waals surface area contributed by atoms with Gasteiger partial charge in [-0.05, 0) is 19.1 Å². The lowest BCUT2D eigenvalue weighted by atomic mass is 10.2. The molecule has 0 bridgehead atoms. The fourth-order valence-electron chi connectivity index (χ4n) is 1.81. The minimum atomic E-state index is -3.11. The average molecular weight is 328 g/mol. The minimum Gasteiger partial charge on any atom is -0.478 e. The Kier molecular flexibility index (Phi) is 4.48. The number of carboxylic acid groups (broad SMARTS) is 1. The van der Waals surface area contributed by atoms with Gasteiger partial charge in [-0.25, -0.2) is 13.2 Å². The highest BCUT2D eigenvalue weighted by Gasteiger charge is 2.19. The topological polar surface area (TPSA) is 89.3 Å². The van der Waals surface area contributed by atoms with Crippen LogP contribution >= 0.6 is 11.3 Å². The van der Waals surface area contributed by atoms with Gasteiger partial charge in [-0.3, -0.25) is 4.68 Å². The third kappa shape index (κ3) is 3.70. The van der Waals surface area contributed by atoms with Crippen LogP contribution in [0, 0.1) is 6.92 Å². The molecule has 0 atom stereocenters. The van der Waals surface area contributed by atoms with Crippen LogP contribution in [-0.2, 0) is 16.4 Å². The number of carbonyl (C=O) groups is 1. The third-order valence-corrected chi connectivity index (χ3v) is 5.73. The van der Waals surface area contributed by atoms with E-state index in [0.717, 1.165) is 9.75 Å². The highest BCUT2D eigenvalue weighted by atomic mass is 32.2. The molecule has 0 aromatic carbocycles. The van der Waals surface area contributed by atoms with Crippen LogP contribution in [-0.4, -0.2) is 40.8 Å². The summed E-state index contributed by atoms with van der Waals surface area (Å²) in [6, 6.07) is 3.72. The average Bonchev–Trinajstić information content (AvgIpc) is 3.02. The first-order valence-corrected chi connectivity index (χ1v) is 9.04. The maximum absolute atomic E-state index is 11.5. The fraction of sp³-hybridized carbons (Fsp3) is 0.385. The molecule has 2 heterocycles. The summed E-state index contributed by atoms with van der Waals surface area (Å²) in [7, 11) is -3.11. The van der Waals surface area contributed by atoms with Gasteiger partial charge < -0.3 is 5.11 Å². The lowest BCUT2D eigenvalue weighted by molar-refractivity contribution is 0.0697. The van der Waals surface area contributed by atoms with Crippen molar-refractivity contribution in [2.24, 2.45) is 0 Å². The van der Waals surface area contributed by atoms with Gasteiger partial charge in [0.05, 0.1) is 17.2 Å². The Morgan fingerprint density at radius 3 is 2.67 bits per heavy atom. The third-order valence-electron chi connectivity index (χ3n) is 3.04. The summed E-state index contributed by atoms with van der Waals surface area (Å²) in [4.78, 5) is 13.1. The second kappa shape index (κ2) is 5.98. The van der Waals surface area contributed by atoms with Gasteiger partial charge >= 0.3 is 5.97 Å². The predicted molar refractivity (Wildman–Crippen MR) is 81.6 cm³/mol. The number of hydrogen-bond donors (Lipinski definition) is 1. The highest BCUT2D eigenvalue weighted by Crippen LogP contribution is 2.29. The van der Waals surface area contributed by atoms with Crippen molar-refractivity contribution in [3.8, 4) is 10.6 Å². The molecule has 21 heavy (non-hydrogen) atoms. The van der Waals surface area contributed by atoms with Crippen LogP contribution in [0.3, 0.4) is 0 Å². The molecule has 8 heteroatoms. The molecule has 0 aliphatic heterocycles. The first-order chi connectivity index (χ1) is 9.82. The first-order valence-electron chi connectivity index (χ1n) is 6.40. The Morgan fingerprint density at radius 2 is 2.14 bits per heavy atom. The zero-order valence-corrected chi connectivity index (χ0v) is 13.4. The first kappa shape index (κ1) is 15.7. The molecular weight excluding hydrogens is 312 g/mol. The molecule has 0 saturated carbocycles. The van der Waals surface area contributed by atoms with Crippen LogP contribution in [0.5, 0.6) is 0 Å². The van der Waals surface area contributed by atoms with Crippen LogP contribution in [0.2, 0.25) is 0 Å². The molecule has 6 nitrogen and oxygen atoms in total. The van der Waals surface area contributed by atoms with Gasteiger partial charge in [0.1, 0.15) is 11.3 Å². The smallest absolute Gasteiger partial charge is 0.339 e. The molecule has 0 unspecified atom stereocenters. The number of hydrogen-bond acceptors (Lipinski definition) is 5. The summed E-state index contributed by atoms with van der Waals surface area (Å²) in [5.41, 5.74) is 0.472. The summed E-state index contributed by atoms with van der Waals surface area (Å²) in [6.07, 6.45) is 1.39. The largest absolute Gasteiger partial charge is 0.478 e. The molecule has 114 valence electrons. The van der Waals surface area contributed by atoms with E-state index < -0.39 is 15.8 Å². The molecule has 0 saturated heterocycles. The van der Waals surface area contributed by atoms with Crippen molar-refractivity contribution in [3.63, 3.8) is 0 Å². The van der Waals surface area contributed by atoms with E-state index in [9.17, 15) is 18.3 Å². The molecule has 0 fully saturated rings. The van der Waals surface area contributed by atoms with Crippen molar-refractivity contribution >= 4 is 27.1 Å². The number of nitrogens with zero attached hydrogens (tertiary/aromatic N) is 2. The van der Waals surface area contributed by atoms with E-state index in [1.165, 1.54) is 22.2 Å². The van der Waals surface area contributed by atoms with E-state index in [1.54, 1.807) is 6.92 Å². The maximum Gasteiger partial charge on any atom is 0.339 e. The summed E-state index contributed by atoms with van der Waals surface area (Å²) in [5, 5.41) is 13.5. The van der Waals surface area contributed by atoms with E-state index in [-0.39, 0.29) is 23.6 Å². The summed E-state index contributed by atoms with van der Waals surface area (Å²) in [5.74, 6) is -1.05. The van der Waals surface area contributed by atoms with Gasteiger partial charge in [-0.15, -0.1) is 11.3 Å². The Balaban J connectivity index is 2.32. The molecular formula is C13H16N2O4S2. The van der Waals surface area contributed by atoms with E-state index in [0.29, 0.717) is 5.69 Å². The van der Waals surface area contributed by atoms with Crippen molar-refractivity contribution in [2.45, 2.75) is 20.4 Å². The predicted octanol–water partition coefficient (Wildman–Crippen LogP) is 2.05. The Morgan fingerprint density at radius 1 is 1.43 bits per heavy atom. The summed E-state index contributed by atoms with van der Waals surface area (Å²) >= 11 is 1.46. The van der Waals surface area contributed by atoms with Crippen LogP contribution in [0.25, 0.3) is 10.6 Å². The summed E-state index contributed by atoms with van der Waals surface area (Å²) < 4.78 is 24.4. The van der Waals surface area contributed by atoms with Gasteiger partial charge in [0.25, 0.3) is 0 Å². The number of aromatic nitrogens is 2. The van der Waals surface area contributed by atoms with E-state index >= 15 is 0 Å². The van der Waals surface area contributed by atoms with Gasteiger partial charge in [0.15, 0.2) is 9.84 Å². The van der Waals surface area contributed by atoms with Crippen LogP contribution in [0.1, 0.15) is 22.2 Å². The zero-order valence-electron chi connectivity index (χ0n) is 11.7. The SMILES string of the molecule is CCS(=O)(=O)CCn1cc(C(=O)O)c(-c2ccc(C)s2)n1. The van der Waals surface area contributed by atoms with Gasteiger partial charge in [0.2, 0.25) is 0 Å². The molecule has 0 radical (unpaired) electrons. The highest BCUT2D eigenvalue weighted by molar-refractivity contribution is 7.91. The molecule has 2 rings (SSSR count). The number of aromatic carboxylic acids is 1. The number of aryl methyl sites for hydroxylation is 2. The number of sulfone groups is 1. The Bertz CT molecular complexity index is 759. The fourth-order valence-corrected chi connectivity index (χ4v) is 3.43. The van der Waals surface area contributed by atoms with E-state index in [1.807, 2.05) is 19.1 Å². The lowest BCUT2D eigenvalue weighted by Gasteiger charge is -2.01. The lowest BCUT2D eigenvalue weighted by Crippen LogP contribution is -2.14. The maximum atomic E-state index is 11.5. The van der Waals surface area contributed by atoms with Gasteiger partial charge in [-0.1, -0.05) is 6.92 Å². The summed E-state index contributed by atoms with van der Waals surface area (Å²) in [6.45, 7) is 3.67. The van der Waals surface area contributed by atoms with Crippen molar-refractivity contribution < 1.29 is 18.3 Å². The van der Waals surface area contributed by atoms with E-state index in [4.69, 9.17) is 0 Å². The number of carboxylic acids is 1. The number of rotatable bonds is 6. The van der Waals surface area contributed by atoms with Crippen molar-refractivity contribution in [1.82, 2.24) is 9.78 Å². The molecule has 0 aliphatic carbocycles. The van der Waals surface area contributed by atoms with Gasteiger partial charge in [0, 0.05) is 16.8 Å². The zero-order chi connectivity index (χ0) is 15.6. The number of thiophene rings is 1. The van der Waals surface area contributed by atoms with Crippen molar-refractivity contribution in [2.75, 3.05) is 11.5 Å². The van der Waals surface area contributed by atoms with Crippen molar-refractivity contribution in [1.29, 1.82) is 0 Å². The standard InChI is InChI=1S/C13H16N2O4S2/c1-3-21(18,19)7-6-15-8-10(13(16)17)12(14-15)11-5-4-9(2)20-11/h4-5,8H,3,6-7H2,1-2H3,(H,16,17). The second-order valence-electron chi connectivity index (χ2n) is 4.61. The monoisotopic (exact) mass is 328 g/mol. The van der Waals surface area contributed by atoms with Crippen molar-refractivity contribution in [3.05, 3.63) is 28.8 Å². The van der Waals surface area contributed by atoms with Crippen LogP contribution in [0.4, 0.5) is 0 Å². The molecule has 2 aromatic rings. The molecule has 0 spiro atoms. The van der Waals surface area contributed by atoms with E-state index in [2.05, 4.69) is 5.10 Å².